The molecule has 0 bridgehead atoms. The molecule has 0 aliphatic heterocycles. The standard InChI is InChI=1S/C15H18F2N2O2/c1-15(2,3)12(20)8-14-18-13(19-21-14)6-9-4-5-10(16)7-11(9)17/h4-5,7,12,20H,6,8H2,1-3H3. The summed E-state index contributed by atoms with van der Waals surface area (Å²) in [5.41, 5.74) is -0.00217. The predicted octanol–water partition coefficient (Wildman–Crippen LogP) is 2.89. The molecule has 1 atom stereocenters. The molecule has 4 nitrogen and oxygen atoms in total. The van der Waals surface area contributed by atoms with Crippen LogP contribution in [0.4, 0.5) is 8.78 Å². The van der Waals surface area contributed by atoms with Crippen molar-refractivity contribution in [3.63, 3.8) is 0 Å². The predicted molar refractivity (Wildman–Crippen MR) is 72.6 cm³/mol. The Hall–Kier alpha value is -1.82. The van der Waals surface area contributed by atoms with Crippen molar-refractivity contribution in [2.24, 2.45) is 5.41 Å². The highest BCUT2D eigenvalue weighted by Gasteiger charge is 2.24. The molecule has 21 heavy (non-hydrogen) atoms. The molecule has 0 aliphatic rings. The monoisotopic (exact) mass is 296 g/mol. The summed E-state index contributed by atoms with van der Waals surface area (Å²) in [7, 11) is 0. The largest absolute Gasteiger partial charge is 0.392 e. The molecular formula is C15H18F2N2O2. The molecule has 1 heterocycles. The van der Waals surface area contributed by atoms with Gasteiger partial charge in [-0.05, 0) is 17.0 Å². The highest BCUT2D eigenvalue weighted by Crippen LogP contribution is 2.22. The van der Waals surface area contributed by atoms with Crippen LogP contribution in [0.3, 0.4) is 0 Å². The van der Waals surface area contributed by atoms with Crippen LogP contribution in [-0.4, -0.2) is 21.4 Å². The zero-order valence-electron chi connectivity index (χ0n) is 12.2. The van der Waals surface area contributed by atoms with Crippen LogP contribution in [0.2, 0.25) is 0 Å². The van der Waals surface area contributed by atoms with Gasteiger partial charge in [0, 0.05) is 12.5 Å². The first-order chi connectivity index (χ1) is 9.75. The molecule has 2 aromatic rings. The van der Waals surface area contributed by atoms with E-state index in [9.17, 15) is 13.9 Å². The third-order valence-corrected chi connectivity index (χ3v) is 3.24. The van der Waals surface area contributed by atoms with Crippen LogP contribution in [0.1, 0.15) is 38.0 Å². The van der Waals surface area contributed by atoms with Gasteiger partial charge in [0.1, 0.15) is 11.6 Å². The van der Waals surface area contributed by atoms with E-state index in [4.69, 9.17) is 4.52 Å². The zero-order chi connectivity index (χ0) is 15.6. The van der Waals surface area contributed by atoms with Crippen LogP contribution in [0.5, 0.6) is 0 Å². The van der Waals surface area contributed by atoms with Crippen molar-refractivity contribution < 1.29 is 18.4 Å². The summed E-state index contributed by atoms with van der Waals surface area (Å²) in [6.45, 7) is 5.72. The molecule has 0 spiro atoms. The van der Waals surface area contributed by atoms with Gasteiger partial charge in [-0.2, -0.15) is 4.98 Å². The van der Waals surface area contributed by atoms with Crippen LogP contribution in [0.15, 0.2) is 22.7 Å². The van der Waals surface area contributed by atoms with Gasteiger partial charge in [0.25, 0.3) is 0 Å². The van der Waals surface area contributed by atoms with Gasteiger partial charge in [-0.3, -0.25) is 0 Å². The summed E-state index contributed by atoms with van der Waals surface area (Å²) in [5.74, 6) is -0.666. The van der Waals surface area contributed by atoms with Gasteiger partial charge in [-0.15, -0.1) is 0 Å². The number of aliphatic hydroxyl groups is 1. The first kappa shape index (κ1) is 15.6. The number of hydrogen-bond donors (Lipinski definition) is 1. The van der Waals surface area contributed by atoms with Gasteiger partial charge in [0.2, 0.25) is 5.89 Å². The maximum Gasteiger partial charge on any atom is 0.229 e. The highest BCUT2D eigenvalue weighted by molar-refractivity contribution is 5.21. The Bertz CT molecular complexity index is 620. The smallest absolute Gasteiger partial charge is 0.229 e. The van der Waals surface area contributed by atoms with Gasteiger partial charge in [-0.1, -0.05) is 32.0 Å². The van der Waals surface area contributed by atoms with E-state index < -0.39 is 17.7 Å². The van der Waals surface area contributed by atoms with Crippen molar-refractivity contribution >= 4 is 0 Å². The molecule has 0 radical (unpaired) electrons. The molecule has 1 aromatic carbocycles. The minimum absolute atomic E-state index is 0.112. The Morgan fingerprint density at radius 2 is 2.00 bits per heavy atom. The molecule has 2 rings (SSSR count). The quantitative estimate of drug-likeness (QED) is 0.942. The Kier molecular flexibility index (Phi) is 4.37. The van der Waals surface area contributed by atoms with Crippen molar-refractivity contribution in [2.45, 2.75) is 39.7 Å². The van der Waals surface area contributed by atoms with Gasteiger partial charge >= 0.3 is 0 Å². The Balaban J connectivity index is 2.06. The summed E-state index contributed by atoms with van der Waals surface area (Å²) >= 11 is 0. The molecule has 0 amide bonds. The fourth-order valence-corrected chi connectivity index (χ4v) is 1.75. The second-order valence-corrected chi connectivity index (χ2v) is 6.10. The lowest BCUT2D eigenvalue weighted by molar-refractivity contribution is 0.0565. The topological polar surface area (TPSA) is 59.2 Å². The Labute approximate surface area is 121 Å². The van der Waals surface area contributed by atoms with Crippen molar-refractivity contribution in [1.82, 2.24) is 10.1 Å². The average molecular weight is 296 g/mol. The fourth-order valence-electron chi connectivity index (χ4n) is 1.75. The van der Waals surface area contributed by atoms with Crippen molar-refractivity contribution in [3.05, 3.63) is 47.1 Å². The highest BCUT2D eigenvalue weighted by atomic mass is 19.1. The van der Waals surface area contributed by atoms with Crippen LogP contribution >= 0.6 is 0 Å². The zero-order valence-corrected chi connectivity index (χ0v) is 12.2. The maximum absolute atomic E-state index is 13.5. The van der Waals surface area contributed by atoms with Gasteiger partial charge in [0.05, 0.1) is 12.5 Å². The van der Waals surface area contributed by atoms with Crippen LogP contribution in [0, 0.1) is 17.0 Å². The summed E-state index contributed by atoms with van der Waals surface area (Å²) in [6.07, 6.45) is -0.266. The molecule has 114 valence electrons. The van der Waals surface area contributed by atoms with Gasteiger partial charge < -0.3 is 9.63 Å². The lowest BCUT2D eigenvalue weighted by Gasteiger charge is -2.24. The van der Waals surface area contributed by atoms with Gasteiger partial charge in [-0.25, -0.2) is 8.78 Å². The number of rotatable bonds is 4. The molecule has 1 aromatic heterocycles. The molecular weight excluding hydrogens is 278 g/mol. The molecule has 0 saturated heterocycles. The van der Waals surface area contributed by atoms with Crippen LogP contribution in [0.25, 0.3) is 0 Å². The number of hydrogen-bond acceptors (Lipinski definition) is 4. The minimum Gasteiger partial charge on any atom is -0.392 e. The van der Waals surface area contributed by atoms with E-state index in [2.05, 4.69) is 10.1 Å². The van der Waals surface area contributed by atoms with Crippen molar-refractivity contribution in [3.8, 4) is 0 Å². The SMILES string of the molecule is CC(C)(C)C(O)Cc1nc(Cc2ccc(F)cc2F)no1. The molecule has 1 N–H and O–H groups in total. The minimum atomic E-state index is -0.643. The van der Waals surface area contributed by atoms with E-state index in [0.717, 1.165) is 6.07 Å². The van der Waals surface area contributed by atoms with E-state index in [1.54, 1.807) is 0 Å². The van der Waals surface area contributed by atoms with Crippen molar-refractivity contribution in [2.75, 3.05) is 0 Å². The molecule has 0 fully saturated rings. The normalized spacial score (nSPS) is 13.4. The number of halogens is 2. The average Bonchev–Trinajstić information content (AvgIpc) is 2.79. The first-order valence-electron chi connectivity index (χ1n) is 6.69. The van der Waals surface area contributed by atoms with Crippen LogP contribution < -0.4 is 0 Å². The van der Waals surface area contributed by atoms with E-state index in [-0.39, 0.29) is 18.3 Å². The van der Waals surface area contributed by atoms with E-state index in [0.29, 0.717) is 17.3 Å². The number of benzene rings is 1. The third kappa shape index (κ3) is 4.07. The Morgan fingerprint density at radius 1 is 1.29 bits per heavy atom. The third-order valence-electron chi connectivity index (χ3n) is 3.24. The van der Waals surface area contributed by atoms with Gasteiger partial charge in [0.15, 0.2) is 5.82 Å². The second kappa shape index (κ2) is 5.89. The molecule has 0 saturated carbocycles. The van der Waals surface area contributed by atoms with E-state index in [1.165, 1.54) is 12.1 Å². The van der Waals surface area contributed by atoms with Crippen molar-refractivity contribution in [1.29, 1.82) is 0 Å². The summed E-state index contributed by atoms with van der Waals surface area (Å²) in [4.78, 5) is 4.12. The van der Waals surface area contributed by atoms with Crippen LogP contribution in [-0.2, 0) is 12.8 Å². The maximum atomic E-state index is 13.5. The fraction of sp³-hybridized carbons (Fsp3) is 0.467. The first-order valence-corrected chi connectivity index (χ1v) is 6.69. The summed E-state index contributed by atoms with van der Waals surface area (Å²) in [6, 6.07) is 3.35. The molecule has 6 heteroatoms. The Morgan fingerprint density at radius 3 is 2.62 bits per heavy atom. The number of nitrogens with zero attached hydrogens (tertiary/aromatic N) is 2. The summed E-state index contributed by atoms with van der Waals surface area (Å²) in [5, 5.41) is 13.7. The lowest BCUT2D eigenvalue weighted by atomic mass is 9.87. The molecule has 0 aliphatic carbocycles. The number of aromatic nitrogens is 2. The number of aliphatic hydroxyl groups excluding tert-OH is 1. The lowest BCUT2D eigenvalue weighted by Crippen LogP contribution is -2.28. The second-order valence-electron chi connectivity index (χ2n) is 6.10. The van der Waals surface area contributed by atoms with E-state index >= 15 is 0 Å². The molecule has 1 unspecified atom stereocenters. The summed E-state index contributed by atoms with van der Waals surface area (Å²) < 4.78 is 31.4. The van der Waals surface area contributed by atoms with E-state index in [1.807, 2.05) is 20.8 Å².